The van der Waals surface area contributed by atoms with Crippen molar-refractivity contribution in [2.24, 2.45) is 0 Å². The van der Waals surface area contributed by atoms with Gasteiger partial charge in [-0.3, -0.25) is 4.79 Å². The highest BCUT2D eigenvalue weighted by Crippen LogP contribution is 2.26. The number of amides is 1. The maximum Gasteiger partial charge on any atom is 0.339 e. The van der Waals surface area contributed by atoms with E-state index < -0.39 is 10.1 Å². The van der Waals surface area contributed by atoms with Gasteiger partial charge in [-0.1, -0.05) is 18.2 Å². The minimum atomic E-state index is -4.06. The van der Waals surface area contributed by atoms with E-state index in [1.165, 1.54) is 26.4 Å². The Morgan fingerprint density at radius 3 is 2.52 bits per heavy atom. The molecule has 1 atom stereocenters. The first-order chi connectivity index (χ1) is 14.9. The first kappa shape index (κ1) is 23.1. The fraction of sp³-hybridized carbons (Fsp3) is 0.409. The highest BCUT2D eigenvalue weighted by molar-refractivity contribution is 7.87. The van der Waals surface area contributed by atoms with Gasteiger partial charge < -0.3 is 23.3 Å². The average molecular weight is 450 g/mol. The number of nitrogens with zero attached hydrogens (tertiary/aromatic N) is 1. The fourth-order valence-corrected chi connectivity index (χ4v) is 4.30. The molecule has 9 heteroatoms. The summed E-state index contributed by atoms with van der Waals surface area (Å²) in [6.07, 6.45) is 1.79. The van der Waals surface area contributed by atoms with Gasteiger partial charge in [0.1, 0.15) is 23.0 Å². The lowest BCUT2D eigenvalue weighted by Crippen LogP contribution is -2.39. The summed E-state index contributed by atoms with van der Waals surface area (Å²) < 4.78 is 46.7. The quantitative estimate of drug-likeness (QED) is 0.515. The molecule has 0 bridgehead atoms. The molecular formula is C22H27NO7S. The Labute approximate surface area is 182 Å². The van der Waals surface area contributed by atoms with Gasteiger partial charge in [0.05, 0.1) is 13.2 Å². The number of hydrogen-bond acceptors (Lipinski definition) is 7. The van der Waals surface area contributed by atoms with E-state index >= 15 is 0 Å². The number of carbonyl (C=O) groups excluding carboxylic acids is 1. The van der Waals surface area contributed by atoms with E-state index in [-0.39, 0.29) is 35.8 Å². The van der Waals surface area contributed by atoms with E-state index in [1.807, 2.05) is 0 Å². The summed E-state index contributed by atoms with van der Waals surface area (Å²) in [7, 11) is -1.10. The SMILES string of the molecule is COCC(=O)N(Cc1ccccc1OS(=O)(=O)c1ccc(OC)cc1)C[C@H]1CCCO1. The van der Waals surface area contributed by atoms with E-state index in [2.05, 4.69) is 0 Å². The number of para-hydroxylation sites is 1. The van der Waals surface area contributed by atoms with Crippen molar-refractivity contribution < 1.29 is 31.6 Å². The lowest BCUT2D eigenvalue weighted by atomic mass is 10.1. The van der Waals surface area contributed by atoms with Crippen LogP contribution in [0.5, 0.6) is 11.5 Å². The number of ether oxygens (including phenoxy) is 3. The molecule has 3 rings (SSSR count). The van der Waals surface area contributed by atoms with Crippen molar-refractivity contribution in [3.8, 4) is 11.5 Å². The largest absolute Gasteiger partial charge is 0.497 e. The summed E-state index contributed by atoms with van der Waals surface area (Å²) >= 11 is 0. The van der Waals surface area contributed by atoms with Crippen molar-refractivity contribution in [1.29, 1.82) is 0 Å². The molecule has 0 spiro atoms. The smallest absolute Gasteiger partial charge is 0.339 e. The van der Waals surface area contributed by atoms with Crippen LogP contribution in [0.4, 0.5) is 0 Å². The van der Waals surface area contributed by atoms with Gasteiger partial charge in [-0.15, -0.1) is 0 Å². The van der Waals surface area contributed by atoms with Crippen LogP contribution in [-0.2, 0) is 30.9 Å². The third kappa shape index (κ3) is 6.19. The molecule has 0 aliphatic carbocycles. The average Bonchev–Trinajstić information content (AvgIpc) is 3.28. The summed E-state index contributed by atoms with van der Waals surface area (Å²) in [5.74, 6) is 0.507. The molecule has 0 unspecified atom stereocenters. The second kappa shape index (κ2) is 10.6. The van der Waals surface area contributed by atoms with Crippen LogP contribution in [0.15, 0.2) is 53.4 Å². The van der Waals surface area contributed by atoms with Crippen molar-refractivity contribution in [2.75, 3.05) is 34.0 Å². The van der Waals surface area contributed by atoms with Crippen LogP contribution in [0.25, 0.3) is 0 Å². The van der Waals surface area contributed by atoms with Gasteiger partial charge in [0, 0.05) is 32.4 Å². The van der Waals surface area contributed by atoms with E-state index in [1.54, 1.807) is 41.3 Å². The van der Waals surface area contributed by atoms with Gasteiger partial charge in [0.15, 0.2) is 0 Å². The molecule has 1 amide bonds. The monoisotopic (exact) mass is 449 g/mol. The Morgan fingerprint density at radius 2 is 1.87 bits per heavy atom. The maximum atomic E-state index is 12.8. The van der Waals surface area contributed by atoms with Gasteiger partial charge in [0.25, 0.3) is 0 Å². The normalized spacial score (nSPS) is 16.1. The minimum absolute atomic E-state index is 0.00905. The topological polar surface area (TPSA) is 91.4 Å². The van der Waals surface area contributed by atoms with E-state index in [0.29, 0.717) is 24.5 Å². The van der Waals surface area contributed by atoms with Crippen molar-refractivity contribution >= 4 is 16.0 Å². The van der Waals surface area contributed by atoms with E-state index in [4.69, 9.17) is 18.4 Å². The van der Waals surface area contributed by atoms with Gasteiger partial charge in [-0.2, -0.15) is 8.42 Å². The summed E-state index contributed by atoms with van der Waals surface area (Å²) in [6.45, 7) is 1.19. The molecule has 1 heterocycles. The van der Waals surface area contributed by atoms with Gasteiger partial charge in [0.2, 0.25) is 5.91 Å². The molecule has 168 valence electrons. The Balaban J connectivity index is 1.80. The standard InChI is InChI=1S/C22H27NO7S/c1-27-16-22(24)23(15-19-7-5-13-29-19)14-17-6-3-4-8-21(17)30-31(25,26)20-11-9-18(28-2)10-12-20/h3-4,6,8-12,19H,5,7,13-16H2,1-2H3/t19-/m1/s1. The molecule has 0 saturated carbocycles. The summed E-state index contributed by atoms with van der Waals surface area (Å²) in [6, 6.07) is 12.7. The number of hydrogen-bond donors (Lipinski definition) is 0. The Morgan fingerprint density at radius 1 is 1.13 bits per heavy atom. The molecule has 1 saturated heterocycles. The van der Waals surface area contributed by atoms with Crippen molar-refractivity contribution in [3.05, 3.63) is 54.1 Å². The maximum absolute atomic E-state index is 12.8. The van der Waals surface area contributed by atoms with Crippen molar-refractivity contribution in [1.82, 2.24) is 4.90 Å². The first-order valence-electron chi connectivity index (χ1n) is 9.97. The molecule has 1 fully saturated rings. The molecule has 8 nitrogen and oxygen atoms in total. The lowest BCUT2D eigenvalue weighted by molar-refractivity contribution is -0.137. The molecule has 2 aromatic carbocycles. The van der Waals surface area contributed by atoms with Crippen LogP contribution in [-0.4, -0.2) is 59.3 Å². The van der Waals surface area contributed by atoms with Crippen LogP contribution >= 0.6 is 0 Å². The molecule has 0 radical (unpaired) electrons. The molecular weight excluding hydrogens is 422 g/mol. The van der Waals surface area contributed by atoms with Crippen LogP contribution < -0.4 is 8.92 Å². The first-order valence-corrected chi connectivity index (χ1v) is 11.4. The predicted molar refractivity (Wildman–Crippen MR) is 114 cm³/mol. The zero-order valence-electron chi connectivity index (χ0n) is 17.7. The number of rotatable bonds is 10. The third-order valence-corrected chi connectivity index (χ3v) is 6.20. The fourth-order valence-electron chi connectivity index (χ4n) is 3.33. The second-order valence-corrected chi connectivity index (χ2v) is 8.71. The molecule has 1 aliphatic rings. The van der Waals surface area contributed by atoms with Crippen LogP contribution in [0, 0.1) is 0 Å². The second-order valence-electron chi connectivity index (χ2n) is 7.16. The summed E-state index contributed by atoms with van der Waals surface area (Å²) in [5.41, 5.74) is 0.571. The highest BCUT2D eigenvalue weighted by Gasteiger charge is 2.25. The third-order valence-electron chi connectivity index (χ3n) is 4.95. The molecule has 0 aromatic heterocycles. The summed E-state index contributed by atoms with van der Waals surface area (Å²) in [4.78, 5) is 14.2. The molecule has 1 aliphatic heterocycles. The van der Waals surface area contributed by atoms with Gasteiger partial charge in [-0.05, 0) is 43.2 Å². The molecule has 0 N–H and O–H groups in total. The number of carbonyl (C=O) groups is 1. The van der Waals surface area contributed by atoms with Gasteiger partial charge >= 0.3 is 10.1 Å². The zero-order chi connectivity index (χ0) is 22.3. The Bertz CT molecular complexity index is 970. The van der Waals surface area contributed by atoms with Gasteiger partial charge in [-0.25, -0.2) is 0 Å². The number of methoxy groups -OCH3 is 2. The Hall–Kier alpha value is -2.62. The van der Waals surface area contributed by atoms with Crippen LogP contribution in [0.2, 0.25) is 0 Å². The molecule has 31 heavy (non-hydrogen) atoms. The molecule has 2 aromatic rings. The van der Waals surface area contributed by atoms with Crippen LogP contribution in [0.3, 0.4) is 0 Å². The predicted octanol–water partition coefficient (Wildman–Crippen LogP) is 2.62. The van der Waals surface area contributed by atoms with Crippen molar-refractivity contribution in [3.63, 3.8) is 0 Å². The minimum Gasteiger partial charge on any atom is -0.497 e. The van der Waals surface area contributed by atoms with E-state index in [0.717, 1.165) is 12.8 Å². The zero-order valence-corrected chi connectivity index (χ0v) is 18.5. The lowest BCUT2D eigenvalue weighted by Gasteiger charge is -2.26. The Kier molecular flexibility index (Phi) is 7.89. The number of benzene rings is 2. The van der Waals surface area contributed by atoms with Crippen LogP contribution in [0.1, 0.15) is 18.4 Å². The highest BCUT2D eigenvalue weighted by atomic mass is 32.2. The van der Waals surface area contributed by atoms with E-state index in [9.17, 15) is 13.2 Å². The van der Waals surface area contributed by atoms with Crippen molar-refractivity contribution in [2.45, 2.75) is 30.4 Å². The summed E-state index contributed by atoms with van der Waals surface area (Å²) in [5, 5.41) is 0.